The SMILES string of the molecule is CCNC(Cc1ccccn1)c1c(Br)cnn1CCOC. The summed E-state index contributed by atoms with van der Waals surface area (Å²) in [7, 11) is 1.70. The second kappa shape index (κ2) is 8.26. The van der Waals surface area contributed by atoms with E-state index in [1.54, 1.807) is 7.11 Å². The minimum atomic E-state index is 0.165. The fraction of sp³-hybridized carbons (Fsp3) is 0.467. The van der Waals surface area contributed by atoms with Crippen molar-refractivity contribution in [3.63, 3.8) is 0 Å². The third-order valence-electron chi connectivity index (χ3n) is 3.26. The molecule has 1 atom stereocenters. The van der Waals surface area contributed by atoms with E-state index in [0.29, 0.717) is 6.61 Å². The number of hydrogen-bond donors (Lipinski definition) is 1. The number of rotatable bonds is 8. The first-order valence-corrected chi connectivity index (χ1v) is 7.89. The molecule has 114 valence electrons. The Balaban J connectivity index is 2.23. The zero-order chi connectivity index (χ0) is 15.1. The Bertz CT molecular complexity index is 544. The molecule has 0 aliphatic heterocycles. The highest BCUT2D eigenvalue weighted by molar-refractivity contribution is 9.10. The molecule has 2 aromatic rings. The lowest BCUT2D eigenvalue weighted by Crippen LogP contribution is -2.27. The average Bonchev–Trinajstić information content (AvgIpc) is 2.86. The summed E-state index contributed by atoms with van der Waals surface area (Å²) in [6, 6.07) is 6.17. The Kier molecular flexibility index (Phi) is 6.35. The van der Waals surface area contributed by atoms with E-state index in [2.05, 4.69) is 38.3 Å². The van der Waals surface area contributed by atoms with Crippen molar-refractivity contribution in [2.75, 3.05) is 20.3 Å². The van der Waals surface area contributed by atoms with Crippen molar-refractivity contribution in [1.82, 2.24) is 20.1 Å². The lowest BCUT2D eigenvalue weighted by Gasteiger charge is -2.20. The number of hydrogen-bond acceptors (Lipinski definition) is 4. The van der Waals surface area contributed by atoms with Crippen LogP contribution in [0.5, 0.6) is 0 Å². The quantitative estimate of drug-likeness (QED) is 0.793. The van der Waals surface area contributed by atoms with E-state index >= 15 is 0 Å². The Morgan fingerprint density at radius 1 is 1.43 bits per heavy atom. The monoisotopic (exact) mass is 352 g/mol. The topological polar surface area (TPSA) is 52.0 Å². The summed E-state index contributed by atoms with van der Waals surface area (Å²) in [5.74, 6) is 0. The van der Waals surface area contributed by atoms with E-state index in [1.165, 1.54) is 0 Å². The molecule has 5 nitrogen and oxygen atoms in total. The lowest BCUT2D eigenvalue weighted by atomic mass is 10.1. The number of aromatic nitrogens is 3. The van der Waals surface area contributed by atoms with Crippen molar-refractivity contribution in [3.8, 4) is 0 Å². The molecule has 6 heteroatoms. The summed E-state index contributed by atoms with van der Waals surface area (Å²) in [5, 5.41) is 7.95. The number of nitrogens with zero attached hydrogens (tertiary/aromatic N) is 3. The predicted octanol–water partition coefficient (Wildman–Crippen LogP) is 2.58. The number of halogens is 1. The van der Waals surface area contributed by atoms with Crippen LogP contribution in [0.1, 0.15) is 24.4 Å². The zero-order valence-corrected chi connectivity index (χ0v) is 14.0. The Hall–Kier alpha value is -1.24. The molecule has 0 aliphatic rings. The van der Waals surface area contributed by atoms with Crippen LogP contribution in [0.15, 0.2) is 35.1 Å². The maximum absolute atomic E-state index is 5.16. The number of pyridine rings is 1. The van der Waals surface area contributed by atoms with E-state index in [-0.39, 0.29) is 6.04 Å². The van der Waals surface area contributed by atoms with Crippen molar-refractivity contribution >= 4 is 15.9 Å². The van der Waals surface area contributed by atoms with Gasteiger partial charge in [0, 0.05) is 25.4 Å². The van der Waals surface area contributed by atoms with Gasteiger partial charge in [0.2, 0.25) is 0 Å². The molecule has 1 unspecified atom stereocenters. The molecule has 0 amide bonds. The van der Waals surface area contributed by atoms with Gasteiger partial charge in [-0.3, -0.25) is 9.67 Å². The largest absolute Gasteiger partial charge is 0.383 e. The van der Waals surface area contributed by atoms with E-state index < -0.39 is 0 Å². The summed E-state index contributed by atoms with van der Waals surface area (Å²) in [6.07, 6.45) is 4.50. The minimum Gasteiger partial charge on any atom is -0.383 e. The van der Waals surface area contributed by atoms with Crippen LogP contribution < -0.4 is 5.32 Å². The molecule has 0 aromatic carbocycles. The number of methoxy groups -OCH3 is 1. The fourth-order valence-electron chi connectivity index (χ4n) is 2.31. The van der Waals surface area contributed by atoms with Gasteiger partial charge in [0.25, 0.3) is 0 Å². The Labute approximate surface area is 133 Å². The van der Waals surface area contributed by atoms with Gasteiger partial charge in [-0.2, -0.15) is 5.10 Å². The smallest absolute Gasteiger partial charge is 0.0700 e. The highest BCUT2D eigenvalue weighted by atomic mass is 79.9. The molecule has 0 fully saturated rings. The standard InChI is InChI=1S/C15H21BrN4O/c1-3-17-14(10-12-6-4-5-7-18-12)15-13(16)11-19-20(15)8-9-21-2/h4-7,11,14,17H,3,8-10H2,1-2H3. The number of ether oxygens (including phenoxy) is 1. The molecule has 0 aliphatic carbocycles. The van der Waals surface area contributed by atoms with E-state index in [1.807, 2.05) is 35.3 Å². The molecule has 2 heterocycles. The molecule has 2 aromatic heterocycles. The van der Waals surface area contributed by atoms with Gasteiger partial charge in [0.05, 0.1) is 35.6 Å². The van der Waals surface area contributed by atoms with Gasteiger partial charge in [-0.1, -0.05) is 13.0 Å². The van der Waals surface area contributed by atoms with E-state index in [4.69, 9.17) is 4.74 Å². The van der Waals surface area contributed by atoms with Crippen molar-refractivity contribution < 1.29 is 4.74 Å². The fourth-order valence-corrected chi connectivity index (χ4v) is 2.89. The normalized spacial score (nSPS) is 12.5. The van der Waals surface area contributed by atoms with Gasteiger partial charge in [-0.25, -0.2) is 0 Å². The summed E-state index contributed by atoms with van der Waals surface area (Å²) >= 11 is 3.61. The van der Waals surface area contributed by atoms with Crippen LogP contribution in [0.3, 0.4) is 0 Å². The molecule has 0 radical (unpaired) electrons. The van der Waals surface area contributed by atoms with Gasteiger partial charge in [0.1, 0.15) is 0 Å². The van der Waals surface area contributed by atoms with E-state index in [9.17, 15) is 0 Å². The first-order valence-electron chi connectivity index (χ1n) is 7.09. The maximum atomic E-state index is 5.16. The van der Waals surface area contributed by atoms with Crippen LogP contribution in [-0.2, 0) is 17.7 Å². The summed E-state index contributed by atoms with van der Waals surface area (Å²) in [6.45, 7) is 4.37. The molecule has 0 saturated heterocycles. The van der Waals surface area contributed by atoms with Crippen LogP contribution in [0.25, 0.3) is 0 Å². The molecular weight excluding hydrogens is 332 g/mol. The highest BCUT2D eigenvalue weighted by Crippen LogP contribution is 2.25. The maximum Gasteiger partial charge on any atom is 0.0700 e. The summed E-state index contributed by atoms with van der Waals surface area (Å²) in [4.78, 5) is 4.42. The van der Waals surface area contributed by atoms with Crippen molar-refractivity contribution in [2.24, 2.45) is 0 Å². The number of nitrogens with one attached hydrogen (secondary N) is 1. The van der Waals surface area contributed by atoms with Gasteiger partial charge < -0.3 is 10.1 Å². The highest BCUT2D eigenvalue weighted by Gasteiger charge is 2.20. The molecule has 21 heavy (non-hydrogen) atoms. The van der Waals surface area contributed by atoms with Crippen molar-refractivity contribution in [1.29, 1.82) is 0 Å². The van der Waals surface area contributed by atoms with E-state index in [0.717, 1.165) is 35.4 Å². The minimum absolute atomic E-state index is 0.165. The second-order valence-corrected chi connectivity index (χ2v) is 5.58. The lowest BCUT2D eigenvalue weighted by molar-refractivity contribution is 0.181. The molecular formula is C15H21BrN4O. The average molecular weight is 353 g/mol. The first kappa shape index (κ1) is 16.1. The van der Waals surface area contributed by atoms with Gasteiger partial charge in [-0.05, 0) is 34.6 Å². The predicted molar refractivity (Wildman–Crippen MR) is 86.2 cm³/mol. The van der Waals surface area contributed by atoms with Gasteiger partial charge >= 0.3 is 0 Å². The third kappa shape index (κ3) is 4.36. The summed E-state index contributed by atoms with van der Waals surface area (Å²) in [5.41, 5.74) is 2.20. The van der Waals surface area contributed by atoms with Crippen LogP contribution in [-0.4, -0.2) is 35.0 Å². The van der Waals surface area contributed by atoms with Gasteiger partial charge in [0.15, 0.2) is 0 Å². The molecule has 1 N–H and O–H groups in total. The number of likely N-dealkylation sites (N-methyl/N-ethyl adjacent to an activating group) is 1. The third-order valence-corrected chi connectivity index (χ3v) is 3.87. The van der Waals surface area contributed by atoms with Crippen LogP contribution in [0, 0.1) is 0 Å². The van der Waals surface area contributed by atoms with Crippen molar-refractivity contribution in [2.45, 2.75) is 25.9 Å². The van der Waals surface area contributed by atoms with Crippen LogP contribution in [0.4, 0.5) is 0 Å². The van der Waals surface area contributed by atoms with Crippen LogP contribution in [0.2, 0.25) is 0 Å². The summed E-state index contributed by atoms with van der Waals surface area (Å²) < 4.78 is 8.16. The first-order chi connectivity index (χ1) is 10.3. The zero-order valence-electron chi connectivity index (χ0n) is 12.4. The Morgan fingerprint density at radius 2 is 2.29 bits per heavy atom. The molecule has 0 bridgehead atoms. The second-order valence-electron chi connectivity index (χ2n) is 4.73. The Morgan fingerprint density at radius 3 is 2.95 bits per heavy atom. The molecule has 0 saturated carbocycles. The molecule has 2 rings (SSSR count). The van der Waals surface area contributed by atoms with Gasteiger partial charge in [-0.15, -0.1) is 0 Å². The van der Waals surface area contributed by atoms with Crippen molar-refractivity contribution in [3.05, 3.63) is 46.5 Å². The molecule has 0 spiro atoms. The van der Waals surface area contributed by atoms with Crippen LogP contribution >= 0.6 is 15.9 Å².